The standard InChI is InChI=1S/C3H5OPS2/c1-2(5-7)3(4)6/h2H,1H3,(H,4,6)/p+1. The number of thiol groups is 1. The van der Waals surface area contributed by atoms with Gasteiger partial charge in [0.15, 0.2) is 24.8 Å². The van der Waals surface area contributed by atoms with Gasteiger partial charge in [0.05, 0.1) is 0 Å². The van der Waals surface area contributed by atoms with Gasteiger partial charge in [0.25, 0.3) is 0 Å². The first kappa shape index (κ1) is 7.54. The van der Waals surface area contributed by atoms with Crippen LogP contribution in [0.25, 0.3) is 0 Å². The smallest absolute Gasteiger partial charge is 0.234 e. The van der Waals surface area contributed by atoms with Crippen molar-refractivity contribution < 1.29 is 4.79 Å². The number of hydrogen-bond donors (Lipinski definition) is 1. The molecule has 0 radical (unpaired) electrons. The summed E-state index contributed by atoms with van der Waals surface area (Å²) in [6.07, 6.45) is 0. The molecule has 2 atom stereocenters. The number of carbonyl (C=O) groups excluding carboxylic acids is 1. The van der Waals surface area contributed by atoms with Gasteiger partial charge in [0.2, 0.25) is 5.12 Å². The van der Waals surface area contributed by atoms with E-state index in [0.717, 1.165) is 0 Å². The monoisotopic (exact) mass is 153 g/mol. The molecule has 0 heterocycles. The lowest BCUT2D eigenvalue weighted by Crippen LogP contribution is -1.99. The number of rotatable bonds is 2. The van der Waals surface area contributed by atoms with Crippen LogP contribution in [0.2, 0.25) is 0 Å². The number of carbonyl (C=O) groups is 1. The molecule has 0 aromatic carbocycles. The molecule has 40 valence electrons. The molecule has 0 aliphatic carbocycles. The second-order valence-corrected chi connectivity index (χ2v) is 3.43. The molecule has 0 aromatic rings. The zero-order chi connectivity index (χ0) is 5.86. The fourth-order valence-electron chi connectivity index (χ4n) is 0.0504. The molecular weight excluding hydrogens is 147 g/mol. The van der Waals surface area contributed by atoms with E-state index in [2.05, 4.69) is 24.4 Å². The molecule has 0 aliphatic rings. The van der Waals surface area contributed by atoms with E-state index < -0.39 is 0 Å². The molecule has 0 saturated heterocycles. The molecule has 0 aromatic heterocycles. The van der Waals surface area contributed by atoms with E-state index in [9.17, 15) is 4.79 Å². The van der Waals surface area contributed by atoms with Crippen LogP contribution in [-0.4, -0.2) is 10.8 Å². The van der Waals surface area contributed by atoms with Crippen LogP contribution in [0.3, 0.4) is 0 Å². The highest BCUT2D eigenvalue weighted by atomic mass is 32.4. The molecular formula is C3H6OPS2+. The van der Waals surface area contributed by atoms with Crippen molar-refractivity contribution in [1.29, 1.82) is 0 Å². The van der Waals surface area contributed by atoms with Gasteiger partial charge in [-0.2, -0.15) is 0 Å². The molecule has 2 unspecified atom stereocenters. The zero-order valence-corrected chi connectivity index (χ0v) is 6.55. The Kier molecular flexibility index (Phi) is 3.80. The largest absolute Gasteiger partial charge is 0.282 e. The molecule has 0 spiro atoms. The van der Waals surface area contributed by atoms with Crippen LogP contribution in [0.4, 0.5) is 0 Å². The third-order valence-electron chi connectivity index (χ3n) is 0.547. The summed E-state index contributed by atoms with van der Waals surface area (Å²) < 4.78 is 0. The summed E-state index contributed by atoms with van der Waals surface area (Å²) in [6, 6.07) is 0. The maximum atomic E-state index is 10.2. The van der Waals surface area contributed by atoms with E-state index in [1.165, 1.54) is 0 Å². The highest BCUT2D eigenvalue weighted by Gasteiger charge is 2.10. The first-order valence-electron chi connectivity index (χ1n) is 1.79. The van der Waals surface area contributed by atoms with Crippen molar-refractivity contribution >= 4 is 36.9 Å². The minimum atomic E-state index is -0.103. The predicted octanol–water partition coefficient (Wildman–Crippen LogP) is 0.972. The fourth-order valence-corrected chi connectivity index (χ4v) is 0.928. The van der Waals surface area contributed by atoms with Crippen LogP contribution in [0.1, 0.15) is 6.92 Å². The van der Waals surface area contributed by atoms with Gasteiger partial charge < -0.3 is 0 Å². The minimum Gasteiger partial charge on any atom is -0.282 e. The molecule has 1 nitrogen and oxygen atoms in total. The van der Waals surface area contributed by atoms with Crippen LogP contribution in [0, 0.1) is 0 Å². The molecule has 0 saturated carbocycles. The molecule has 0 aliphatic heterocycles. The van der Waals surface area contributed by atoms with Crippen molar-refractivity contribution in [3.05, 3.63) is 0 Å². The first-order valence-corrected chi connectivity index (χ1v) is 4.44. The lowest BCUT2D eigenvalue weighted by atomic mass is 10.5. The van der Waals surface area contributed by atoms with E-state index in [1.807, 2.05) is 0 Å². The van der Waals surface area contributed by atoms with Gasteiger partial charge in [-0.05, 0) is 6.92 Å². The Labute approximate surface area is 54.7 Å². The van der Waals surface area contributed by atoms with Crippen molar-refractivity contribution in [2.75, 3.05) is 0 Å². The molecule has 0 fully saturated rings. The van der Waals surface area contributed by atoms with Crippen molar-refractivity contribution in [2.45, 2.75) is 12.6 Å². The SMILES string of the molecule is CC([PH+]=S)C(=O)S. The van der Waals surface area contributed by atoms with Crippen molar-refractivity contribution in [2.24, 2.45) is 0 Å². The number of hydrogen-bond acceptors (Lipinski definition) is 2. The normalized spacial score (nSPS) is 14.0. The maximum absolute atomic E-state index is 10.2. The molecule has 0 amide bonds. The Morgan fingerprint density at radius 1 is 2.00 bits per heavy atom. The van der Waals surface area contributed by atoms with Gasteiger partial charge in [0, 0.05) is 0 Å². The lowest BCUT2D eigenvalue weighted by molar-refractivity contribution is -0.110. The average Bonchev–Trinajstić information content (AvgIpc) is 1.65. The molecule has 0 bridgehead atoms. The van der Waals surface area contributed by atoms with Crippen molar-refractivity contribution in [1.82, 2.24) is 0 Å². The van der Waals surface area contributed by atoms with Gasteiger partial charge in [0.1, 0.15) is 0 Å². The topological polar surface area (TPSA) is 17.1 Å². The predicted molar refractivity (Wildman–Crippen MR) is 39.1 cm³/mol. The molecule has 0 rings (SSSR count). The van der Waals surface area contributed by atoms with Gasteiger partial charge >= 0.3 is 0 Å². The van der Waals surface area contributed by atoms with Gasteiger partial charge in [-0.1, -0.05) is 0 Å². The van der Waals surface area contributed by atoms with E-state index in [0.29, 0.717) is 0 Å². The summed E-state index contributed by atoms with van der Waals surface area (Å²) in [5, 5.41) is -0.103. The minimum absolute atomic E-state index is 0.0293. The van der Waals surface area contributed by atoms with Gasteiger partial charge in [-0.25, -0.2) is 0 Å². The van der Waals surface area contributed by atoms with Crippen molar-refractivity contribution in [3.63, 3.8) is 0 Å². The summed E-state index contributed by atoms with van der Waals surface area (Å²) in [5.74, 6) is 0. The summed E-state index contributed by atoms with van der Waals surface area (Å²) in [5.41, 5.74) is -0.0293. The second kappa shape index (κ2) is 3.53. The molecule has 7 heavy (non-hydrogen) atoms. The third kappa shape index (κ3) is 3.15. The van der Waals surface area contributed by atoms with Crippen LogP contribution in [0.5, 0.6) is 0 Å². The summed E-state index contributed by atoms with van der Waals surface area (Å²) in [7, 11) is 0.269. The Morgan fingerprint density at radius 3 is 2.43 bits per heavy atom. The highest BCUT2D eigenvalue weighted by Crippen LogP contribution is 2.07. The quantitative estimate of drug-likeness (QED) is 0.470. The molecule has 0 N–H and O–H groups in total. The van der Waals surface area contributed by atoms with Gasteiger partial charge in [-0.3, -0.25) is 4.79 Å². The van der Waals surface area contributed by atoms with Crippen LogP contribution < -0.4 is 0 Å². The second-order valence-electron chi connectivity index (χ2n) is 1.18. The van der Waals surface area contributed by atoms with E-state index in [1.54, 1.807) is 6.92 Å². The van der Waals surface area contributed by atoms with Crippen LogP contribution in [-0.2, 0) is 16.6 Å². The molecule has 4 heteroatoms. The van der Waals surface area contributed by atoms with Crippen molar-refractivity contribution in [3.8, 4) is 0 Å². The first-order chi connectivity index (χ1) is 3.18. The van der Waals surface area contributed by atoms with E-state index >= 15 is 0 Å². The Bertz CT molecular complexity index is 92.9. The Hall–Kier alpha value is 0.540. The van der Waals surface area contributed by atoms with E-state index in [-0.39, 0.29) is 18.1 Å². The average molecular weight is 153 g/mol. The Balaban J connectivity index is 3.55. The lowest BCUT2D eigenvalue weighted by Gasteiger charge is -1.82. The summed E-state index contributed by atoms with van der Waals surface area (Å²) in [4.78, 5) is 10.2. The van der Waals surface area contributed by atoms with Crippen LogP contribution in [0.15, 0.2) is 0 Å². The summed E-state index contributed by atoms with van der Waals surface area (Å²) in [6.45, 7) is 1.78. The Morgan fingerprint density at radius 2 is 2.43 bits per heavy atom. The van der Waals surface area contributed by atoms with E-state index in [4.69, 9.17) is 0 Å². The highest BCUT2D eigenvalue weighted by molar-refractivity contribution is 8.01. The third-order valence-corrected chi connectivity index (χ3v) is 2.85. The van der Waals surface area contributed by atoms with Crippen LogP contribution >= 0.6 is 20.0 Å². The maximum Gasteiger partial charge on any atom is 0.234 e. The summed E-state index contributed by atoms with van der Waals surface area (Å²) >= 11 is 8.18. The zero-order valence-electron chi connectivity index (χ0n) is 3.84. The fraction of sp³-hybridized carbons (Fsp3) is 0.667. The van der Waals surface area contributed by atoms with Gasteiger partial charge in [-0.15, -0.1) is 12.6 Å².